The Bertz CT molecular complexity index is 894. The Morgan fingerprint density at radius 2 is 2.14 bits per heavy atom. The number of aliphatic carboxylic acids is 1. The molecule has 0 aliphatic heterocycles. The molecule has 0 atom stereocenters. The normalized spacial score (nSPS) is 10.8. The maximum Gasteiger partial charge on any atom is 0.341 e. The Hall–Kier alpha value is -2.73. The van der Waals surface area contributed by atoms with Crippen molar-refractivity contribution in [1.29, 1.82) is 0 Å². The molecule has 3 rings (SSSR count). The minimum Gasteiger partial charge on any atom is -0.479 e. The van der Waals surface area contributed by atoms with Crippen molar-refractivity contribution < 1.29 is 23.5 Å². The fourth-order valence-corrected chi connectivity index (χ4v) is 2.16. The second-order valence-electron chi connectivity index (χ2n) is 4.39. The number of furan rings is 1. The van der Waals surface area contributed by atoms with Gasteiger partial charge in [0, 0.05) is 5.02 Å². The number of benzene rings is 1. The van der Waals surface area contributed by atoms with Gasteiger partial charge >= 0.3 is 5.97 Å². The van der Waals surface area contributed by atoms with Crippen LogP contribution in [0.15, 0.2) is 50.2 Å². The van der Waals surface area contributed by atoms with E-state index in [-0.39, 0.29) is 22.7 Å². The molecule has 1 N–H and O–H groups in total. The molecule has 0 spiro atoms. The van der Waals surface area contributed by atoms with E-state index in [9.17, 15) is 9.59 Å². The van der Waals surface area contributed by atoms with E-state index < -0.39 is 18.0 Å². The van der Waals surface area contributed by atoms with Crippen LogP contribution >= 0.6 is 11.6 Å². The molecule has 3 aromatic rings. The maximum atomic E-state index is 12.5. The number of carboxylic acids is 1. The van der Waals surface area contributed by atoms with Crippen LogP contribution in [-0.2, 0) is 4.79 Å². The van der Waals surface area contributed by atoms with Crippen molar-refractivity contribution in [3.63, 3.8) is 0 Å². The van der Waals surface area contributed by atoms with E-state index >= 15 is 0 Å². The molecule has 0 saturated carbocycles. The molecule has 2 aromatic heterocycles. The molecule has 0 amide bonds. The van der Waals surface area contributed by atoms with E-state index in [4.69, 9.17) is 30.3 Å². The third kappa shape index (κ3) is 2.56. The van der Waals surface area contributed by atoms with Crippen LogP contribution in [0.5, 0.6) is 5.75 Å². The van der Waals surface area contributed by atoms with Crippen molar-refractivity contribution in [1.82, 2.24) is 0 Å². The minimum atomic E-state index is -1.21. The largest absolute Gasteiger partial charge is 0.479 e. The van der Waals surface area contributed by atoms with Gasteiger partial charge in [-0.1, -0.05) is 11.6 Å². The summed E-state index contributed by atoms with van der Waals surface area (Å²) in [5.74, 6) is -1.15. The molecule has 112 valence electrons. The van der Waals surface area contributed by atoms with Crippen LogP contribution < -0.4 is 10.2 Å². The van der Waals surface area contributed by atoms with Gasteiger partial charge in [-0.3, -0.25) is 4.79 Å². The number of ether oxygens (including phenoxy) is 1. The van der Waals surface area contributed by atoms with Crippen molar-refractivity contribution in [2.45, 2.75) is 0 Å². The van der Waals surface area contributed by atoms with Gasteiger partial charge in [0.25, 0.3) is 0 Å². The highest BCUT2D eigenvalue weighted by Crippen LogP contribution is 2.31. The molecule has 0 radical (unpaired) electrons. The van der Waals surface area contributed by atoms with Crippen LogP contribution in [0.25, 0.3) is 22.5 Å². The average molecular weight is 321 g/mol. The highest BCUT2D eigenvalue weighted by Gasteiger charge is 2.20. The Morgan fingerprint density at radius 1 is 1.32 bits per heavy atom. The van der Waals surface area contributed by atoms with Gasteiger partial charge in [0.05, 0.1) is 11.6 Å². The molecule has 0 fully saturated rings. The summed E-state index contributed by atoms with van der Waals surface area (Å²) in [6, 6.07) is 7.75. The first kappa shape index (κ1) is 14.2. The van der Waals surface area contributed by atoms with Crippen LogP contribution in [0, 0.1) is 0 Å². The quantitative estimate of drug-likeness (QED) is 0.794. The Balaban J connectivity index is 2.27. The Kier molecular flexibility index (Phi) is 3.60. The first-order chi connectivity index (χ1) is 10.6. The first-order valence-electron chi connectivity index (χ1n) is 6.21. The molecule has 1 aromatic carbocycles. The summed E-state index contributed by atoms with van der Waals surface area (Å²) in [4.78, 5) is 23.2. The summed E-state index contributed by atoms with van der Waals surface area (Å²) in [7, 11) is 0. The smallest absolute Gasteiger partial charge is 0.341 e. The summed E-state index contributed by atoms with van der Waals surface area (Å²) < 4.78 is 15.9. The molecule has 0 aliphatic carbocycles. The second-order valence-corrected chi connectivity index (χ2v) is 4.83. The molecular weight excluding hydrogens is 312 g/mol. The Morgan fingerprint density at radius 3 is 2.82 bits per heavy atom. The SMILES string of the molecule is O=C(O)COc1c(-c2ccco2)oc2ccc(Cl)cc2c1=O. The number of hydrogen-bond donors (Lipinski definition) is 1. The lowest BCUT2D eigenvalue weighted by atomic mass is 10.2. The average Bonchev–Trinajstić information content (AvgIpc) is 3.00. The second kappa shape index (κ2) is 5.57. The third-order valence-electron chi connectivity index (χ3n) is 2.90. The van der Waals surface area contributed by atoms with Gasteiger partial charge < -0.3 is 18.7 Å². The number of fused-ring (bicyclic) bond motifs is 1. The van der Waals surface area contributed by atoms with Gasteiger partial charge in [-0.15, -0.1) is 0 Å². The van der Waals surface area contributed by atoms with E-state index in [1.807, 2.05) is 0 Å². The molecule has 0 saturated heterocycles. The molecule has 0 aliphatic rings. The predicted octanol–water partition coefficient (Wildman–Crippen LogP) is 3.17. The van der Waals surface area contributed by atoms with Crippen molar-refractivity contribution in [2.75, 3.05) is 6.61 Å². The summed E-state index contributed by atoms with van der Waals surface area (Å²) in [5.41, 5.74) is -0.222. The third-order valence-corrected chi connectivity index (χ3v) is 3.13. The zero-order valence-electron chi connectivity index (χ0n) is 11.0. The number of rotatable bonds is 4. The molecular formula is C15H9ClO6. The van der Waals surface area contributed by atoms with Gasteiger partial charge in [-0.05, 0) is 30.3 Å². The molecule has 7 heteroatoms. The van der Waals surface area contributed by atoms with E-state index in [1.54, 1.807) is 24.3 Å². The number of hydrogen-bond acceptors (Lipinski definition) is 5. The van der Waals surface area contributed by atoms with E-state index in [0.29, 0.717) is 10.6 Å². The highest BCUT2D eigenvalue weighted by molar-refractivity contribution is 6.31. The first-order valence-corrected chi connectivity index (χ1v) is 6.59. The molecule has 6 nitrogen and oxygen atoms in total. The zero-order chi connectivity index (χ0) is 15.7. The van der Waals surface area contributed by atoms with Crippen LogP contribution in [0.4, 0.5) is 0 Å². The lowest BCUT2D eigenvalue weighted by Gasteiger charge is -2.08. The van der Waals surface area contributed by atoms with Crippen molar-refractivity contribution in [3.8, 4) is 17.3 Å². The molecule has 2 heterocycles. The lowest BCUT2D eigenvalue weighted by Crippen LogP contribution is -2.16. The standard InChI is InChI=1S/C15H9ClO6/c16-8-3-4-10-9(6-8)13(19)15(21-7-12(17)18)14(22-10)11-2-1-5-20-11/h1-6H,7H2,(H,17,18). The summed E-state index contributed by atoms with van der Waals surface area (Å²) in [5, 5.41) is 9.30. The fourth-order valence-electron chi connectivity index (χ4n) is 1.99. The van der Waals surface area contributed by atoms with Crippen LogP contribution in [0.1, 0.15) is 0 Å². The monoisotopic (exact) mass is 320 g/mol. The number of halogens is 1. The Labute approximate surface area is 128 Å². The van der Waals surface area contributed by atoms with E-state index in [2.05, 4.69) is 0 Å². The number of carbonyl (C=O) groups is 1. The topological polar surface area (TPSA) is 89.9 Å². The van der Waals surface area contributed by atoms with E-state index in [1.165, 1.54) is 12.3 Å². The molecule has 0 unspecified atom stereocenters. The predicted molar refractivity (Wildman–Crippen MR) is 78.3 cm³/mol. The number of carboxylic acid groups (broad SMARTS) is 1. The summed E-state index contributed by atoms with van der Waals surface area (Å²) in [6.07, 6.45) is 1.41. The van der Waals surface area contributed by atoms with Crippen molar-refractivity contribution >= 4 is 28.5 Å². The van der Waals surface area contributed by atoms with Crippen molar-refractivity contribution in [3.05, 3.63) is 51.8 Å². The zero-order valence-corrected chi connectivity index (χ0v) is 11.8. The van der Waals surface area contributed by atoms with Crippen LogP contribution in [0.2, 0.25) is 5.02 Å². The van der Waals surface area contributed by atoms with E-state index in [0.717, 1.165) is 0 Å². The lowest BCUT2D eigenvalue weighted by molar-refractivity contribution is -0.139. The fraction of sp³-hybridized carbons (Fsp3) is 0.0667. The van der Waals surface area contributed by atoms with Crippen LogP contribution in [0.3, 0.4) is 0 Å². The van der Waals surface area contributed by atoms with Gasteiger partial charge in [0.1, 0.15) is 5.58 Å². The molecule has 22 heavy (non-hydrogen) atoms. The summed E-state index contributed by atoms with van der Waals surface area (Å²) >= 11 is 5.88. The summed E-state index contributed by atoms with van der Waals surface area (Å²) in [6.45, 7) is -0.676. The van der Waals surface area contributed by atoms with Crippen LogP contribution in [-0.4, -0.2) is 17.7 Å². The van der Waals surface area contributed by atoms with Crippen molar-refractivity contribution in [2.24, 2.45) is 0 Å². The van der Waals surface area contributed by atoms with Gasteiger partial charge in [-0.2, -0.15) is 0 Å². The highest BCUT2D eigenvalue weighted by atomic mass is 35.5. The van der Waals surface area contributed by atoms with Gasteiger partial charge in [-0.25, -0.2) is 4.79 Å². The van der Waals surface area contributed by atoms with Gasteiger partial charge in [0.15, 0.2) is 12.4 Å². The van der Waals surface area contributed by atoms with Gasteiger partial charge in [0.2, 0.25) is 16.9 Å². The maximum absolute atomic E-state index is 12.5. The minimum absolute atomic E-state index is 0.0334. The molecule has 0 bridgehead atoms.